The minimum atomic E-state index is -0.432. The molecule has 1 heterocycles. The van der Waals surface area contributed by atoms with Crippen LogP contribution in [0.1, 0.15) is 41.9 Å². The maximum Gasteiger partial charge on any atom is 0.181 e. The Labute approximate surface area is 149 Å². The van der Waals surface area contributed by atoms with Crippen LogP contribution in [0.5, 0.6) is 0 Å². The van der Waals surface area contributed by atoms with E-state index in [1.807, 2.05) is 4.68 Å². The zero-order valence-corrected chi connectivity index (χ0v) is 15.8. The van der Waals surface area contributed by atoms with Crippen molar-refractivity contribution in [1.82, 2.24) is 20.2 Å². The van der Waals surface area contributed by atoms with Crippen LogP contribution in [0.2, 0.25) is 0 Å². The molecule has 130 valence electrons. The highest BCUT2D eigenvalue weighted by Crippen LogP contribution is 2.29. The molecule has 1 aromatic heterocycles. The van der Waals surface area contributed by atoms with Crippen molar-refractivity contribution in [3.63, 3.8) is 0 Å². The van der Waals surface area contributed by atoms with Crippen molar-refractivity contribution < 1.29 is 0 Å². The van der Waals surface area contributed by atoms with Gasteiger partial charge in [0.1, 0.15) is 0 Å². The molecule has 0 radical (unpaired) electrons. The molecule has 3 rings (SSSR count). The molecule has 0 amide bonds. The zero-order chi connectivity index (χ0) is 18.2. The van der Waals surface area contributed by atoms with Gasteiger partial charge in [0.2, 0.25) is 0 Å². The second-order valence-electron chi connectivity index (χ2n) is 7.22. The Kier molecular flexibility index (Phi) is 4.33. The van der Waals surface area contributed by atoms with Crippen molar-refractivity contribution in [3.05, 3.63) is 64.5 Å². The van der Waals surface area contributed by atoms with Crippen molar-refractivity contribution in [3.8, 4) is 5.69 Å². The topological polar surface area (TPSA) is 55.6 Å². The van der Waals surface area contributed by atoms with Crippen LogP contribution in [-0.4, -0.2) is 20.2 Å². The number of aryl methyl sites for hydroxylation is 4. The summed E-state index contributed by atoms with van der Waals surface area (Å²) < 4.78 is 1.85. The molecule has 1 N–H and O–H groups in total. The first kappa shape index (κ1) is 17.1. The first-order valence-corrected chi connectivity index (χ1v) is 8.50. The van der Waals surface area contributed by atoms with E-state index in [4.69, 9.17) is 0 Å². The second-order valence-corrected chi connectivity index (χ2v) is 7.22. The summed E-state index contributed by atoms with van der Waals surface area (Å²) in [5.41, 5.74) is 6.45. The molecule has 0 saturated carbocycles. The normalized spacial score (nSPS) is 11.6. The summed E-state index contributed by atoms with van der Waals surface area (Å²) in [7, 11) is 0. The molecule has 0 bridgehead atoms. The van der Waals surface area contributed by atoms with Gasteiger partial charge in [-0.05, 0) is 74.7 Å². The third kappa shape index (κ3) is 3.27. The van der Waals surface area contributed by atoms with Crippen LogP contribution in [0.15, 0.2) is 36.4 Å². The van der Waals surface area contributed by atoms with Gasteiger partial charge in [-0.3, -0.25) is 0 Å². The van der Waals surface area contributed by atoms with E-state index in [1.54, 1.807) is 0 Å². The molecule has 0 aliphatic rings. The van der Waals surface area contributed by atoms with Crippen LogP contribution in [0.3, 0.4) is 0 Å². The fourth-order valence-corrected chi connectivity index (χ4v) is 3.21. The van der Waals surface area contributed by atoms with Crippen LogP contribution in [0.4, 0.5) is 5.69 Å². The fourth-order valence-electron chi connectivity index (χ4n) is 3.21. The fraction of sp³-hybridized carbons (Fsp3) is 0.350. The molecule has 0 aliphatic heterocycles. The maximum atomic E-state index is 4.33. The van der Waals surface area contributed by atoms with E-state index in [9.17, 15) is 0 Å². The van der Waals surface area contributed by atoms with Crippen LogP contribution in [0.25, 0.3) is 5.69 Å². The summed E-state index contributed by atoms with van der Waals surface area (Å²) in [6.45, 7) is 12.6. The Balaban J connectivity index is 2.03. The Hall–Kier alpha value is -2.69. The van der Waals surface area contributed by atoms with E-state index in [0.29, 0.717) is 0 Å². The number of tetrazole rings is 1. The lowest BCUT2D eigenvalue weighted by atomic mass is 10.0. The summed E-state index contributed by atoms with van der Waals surface area (Å²) in [6.07, 6.45) is 0. The Bertz CT molecular complexity index is 888. The SMILES string of the molecule is Cc1ccc(NC(C)(C)c2nnnn2-c2c(C)cccc2C)c(C)c1. The summed E-state index contributed by atoms with van der Waals surface area (Å²) >= 11 is 0. The Morgan fingerprint density at radius 3 is 2.24 bits per heavy atom. The minimum absolute atomic E-state index is 0.432. The third-order valence-corrected chi connectivity index (χ3v) is 4.51. The number of nitrogens with one attached hydrogen (secondary N) is 1. The van der Waals surface area contributed by atoms with Gasteiger partial charge in [-0.15, -0.1) is 5.10 Å². The molecule has 5 nitrogen and oxygen atoms in total. The smallest absolute Gasteiger partial charge is 0.181 e. The number of hydrogen-bond donors (Lipinski definition) is 1. The largest absolute Gasteiger partial charge is 0.373 e. The van der Waals surface area contributed by atoms with Gasteiger partial charge < -0.3 is 5.32 Å². The second kappa shape index (κ2) is 6.31. The number of hydrogen-bond acceptors (Lipinski definition) is 4. The minimum Gasteiger partial charge on any atom is -0.373 e. The number of rotatable bonds is 4. The lowest BCUT2D eigenvalue weighted by Gasteiger charge is -2.28. The molecule has 5 heteroatoms. The molecule has 0 aliphatic carbocycles. The molecule has 2 aromatic carbocycles. The van der Waals surface area contributed by atoms with Gasteiger partial charge in [0.15, 0.2) is 5.82 Å². The first-order chi connectivity index (χ1) is 11.8. The number of aromatic nitrogens is 4. The van der Waals surface area contributed by atoms with Crippen molar-refractivity contribution in [2.45, 2.75) is 47.1 Å². The number of anilines is 1. The van der Waals surface area contributed by atoms with E-state index in [1.165, 1.54) is 11.1 Å². The highest BCUT2D eigenvalue weighted by atomic mass is 15.6. The number of para-hydroxylation sites is 1. The van der Waals surface area contributed by atoms with E-state index in [0.717, 1.165) is 28.3 Å². The summed E-state index contributed by atoms with van der Waals surface area (Å²) in [4.78, 5) is 0. The lowest BCUT2D eigenvalue weighted by Crippen LogP contribution is -2.32. The van der Waals surface area contributed by atoms with Gasteiger partial charge >= 0.3 is 0 Å². The van der Waals surface area contributed by atoms with Crippen molar-refractivity contribution >= 4 is 5.69 Å². The summed E-state index contributed by atoms with van der Waals surface area (Å²) in [6, 6.07) is 12.6. The predicted octanol–water partition coefficient (Wildman–Crippen LogP) is 4.24. The maximum absolute atomic E-state index is 4.33. The molecular formula is C20H25N5. The van der Waals surface area contributed by atoms with E-state index >= 15 is 0 Å². The van der Waals surface area contributed by atoms with Crippen LogP contribution >= 0.6 is 0 Å². The number of benzene rings is 2. The molecule has 0 spiro atoms. The highest BCUT2D eigenvalue weighted by Gasteiger charge is 2.29. The molecule has 25 heavy (non-hydrogen) atoms. The van der Waals surface area contributed by atoms with Gasteiger partial charge in [0, 0.05) is 5.69 Å². The summed E-state index contributed by atoms with van der Waals surface area (Å²) in [5.74, 6) is 0.782. The highest BCUT2D eigenvalue weighted by molar-refractivity contribution is 5.54. The number of nitrogens with zero attached hydrogens (tertiary/aromatic N) is 4. The first-order valence-electron chi connectivity index (χ1n) is 8.50. The van der Waals surface area contributed by atoms with Crippen molar-refractivity contribution in [1.29, 1.82) is 0 Å². The zero-order valence-electron chi connectivity index (χ0n) is 15.8. The van der Waals surface area contributed by atoms with E-state index in [-0.39, 0.29) is 0 Å². The molecule has 0 unspecified atom stereocenters. The Morgan fingerprint density at radius 2 is 1.60 bits per heavy atom. The van der Waals surface area contributed by atoms with Gasteiger partial charge in [-0.2, -0.15) is 4.68 Å². The molecule has 0 atom stereocenters. The van der Waals surface area contributed by atoms with Crippen molar-refractivity contribution in [2.24, 2.45) is 0 Å². The Morgan fingerprint density at radius 1 is 0.920 bits per heavy atom. The van der Waals surface area contributed by atoms with E-state index < -0.39 is 5.54 Å². The van der Waals surface area contributed by atoms with Gasteiger partial charge in [-0.25, -0.2) is 0 Å². The van der Waals surface area contributed by atoms with Gasteiger partial charge in [0.05, 0.1) is 11.2 Å². The van der Waals surface area contributed by atoms with Crippen LogP contribution < -0.4 is 5.32 Å². The quantitative estimate of drug-likeness (QED) is 0.774. The molecule has 0 fully saturated rings. The van der Waals surface area contributed by atoms with Gasteiger partial charge in [-0.1, -0.05) is 35.9 Å². The van der Waals surface area contributed by atoms with Gasteiger partial charge in [0.25, 0.3) is 0 Å². The average Bonchev–Trinajstić information content (AvgIpc) is 3.00. The average molecular weight is 335 g/mol. The predicted molar refractivity (Wildman–Crippen MR) is 101 cm³/mol. The monoisotopic (exact) mass is 335 g/mol. The van der Waals surface area contributed by atoms with Crippen molar-refractivity contribution in [2.75, 3.05) is 5.32 Å². The van der Waals surface area contributed by atoms with Crippen LogP contribution in [0, 0.1) is 27.7 Å². The van der Waals surface area contributed by atoms with Crippen LogP contribution in [-0.2, 0) is 5.54 Å². The lowest BCUT2D eigenvalue weighted by molar-refractivity contribution is 0.540. The molecule has 3 aromatic rings. The third-order valence-electron chi connectivity index (χ3n) is 4.51. The molecular weight excluding hydrogens is 310 g/mol. The standard InChI is InChI=1S/C20H25N5/c1-13-10-11-17(16(4)12-13)21-20(5,6)19-22-23-24-25(19)18-14(2)8-7-9-15(18)3/h7-12,21H,1-6H3. The molecule has 0 saturated heterocycles. The van der Waals surface area contributed by atoms with E-state index in [2.05, 4.69) is 98.8 Å². The summed E-state index contributed by atoms with van der Waals surface area (Å²) in [5, 5.41) is 16.1.